The fraction of sp³-hybridized carbons (Fsp3) is 0.111. The molecule has 0 N–H and O–H groups in total. The normalized spacial score (nSPS) is 10.8. The Bertz CT molecular complexity index is 975. The van der Waals surface area contributed by atoms with E-state index in [9.17, 15) is 14.7 Å². The largest absolute Gasteiger partial charge is 0.545 e. The maximum absolute atomic E-state index is 13.0. The summed E-state index contributed by atoms with van der Waals surface area (Å²) in [6.45, 7) is 1.80. The summed E-state index contributed by atoms with van der Waals surface area (Å²) in [6, 6.07) is 9.96. The molecule has 0 aliphatic carbocycles. The monoisotopic (exact) mass is 386 g/mol. The minimum Gasteiger partial charge on any atom is -0.545 e. The number of halogens is 1. The molecule has 0 aliphatic rings. The zero-order valence-corrected chi connectivity index (χ0v) is 14.6. The number of carboxylic acids is 1. The van der Waals surface area contributed by atoms with Crippen molar-refractivity contribution in [1.82, 2.24) is 4.40 Å². The van der Waals surface area contributed by atoms with E-state index in [-0.39, 0.29) is 16.9 Å². The molecule has 6 heteroatoms. The van der Waals surface area contributed by atoms with Crippen LogP contribution in [0.25, 0.3) is 5.52 Å². The summed E-state index contributed by atoms with van der Waals surface area (Å²) in [5.74, 6) is -1.01. The van der Waals surface area contributed by atoms with E-state index >= 15 is 0 Å². The number of carbonyl (C=O) groups is 2. The Morgan fingerprint density at radius 2 is 1.96 bits per heavy atom. The molecule has 0 fully saturated rings. The van der Waals surface area contributed by atoms with Crippen LogP contribution in [0.2, 0.25) is 0 Å². The number of carbonyl (C=O) groups excluding carboxylic acids is 2. The number of pyridine rings is 1. The van der Waals surface area contributed by atoms with Gasteiger partial charge in [-0.15, -0.1) is 0 Å². The predicted molar refractivity (Wildman–Crippen MR) is 90.6 cm³/mol. The van der Waals surface area contributed by atoms with Gasteiger partial charge in [0.15, 0.2) is 0 Å². The molecule has 2 heterocycles. The molecule has 2 aromatic heterocycles. The Balaban J connectivity index is 2.22. The third-order valence-corrected chi connectivity index (χ3v) is 4.59. The third-order valence-electron chi connectivity index (χ3n) is 3.90. The standard InChI is InChI=1S/C18H14BrNO4/c1-10-15(20-8-4-3-5-14(20)17(10)24-2)16(21)11-6-7-13(19)12(9-11)18(22)23/h3-9H,1-2H3,(H,22,23)/p-1. The van der Waals surface area contributed by atoms with Crippen LogP contribution in [0.3, 0.4) is 0 Å². The van der Waals surface area contributed by atoms with Gasteiger partial charge < -0.3 is 19.0 Å². The van der Waals surface area contributed by atoms with Gasteiger partial charge in [0, 0.05) is 27.4 Å². The lowest BCUT2D eigenvalue weighted by Gasteiger charge is -2.09. The number of aromatic nitrogens is 1. The van der Waals surface area contributed by atoms with Gasteiger partial charge >= 0.3 is 0 Å². The number of benzene rings is 1. The molecule has 3 aromatic rings. The summed E-state index contributed by atoms with van der Waals surface area (Å²) in [4.78, 5) is 24.2. The Kier molecular flexibility index (Phi) is 4.15. The first-order chi connectivity index (χ1) is 11.5. The van der Waals surface area contributed by atoms with Crippen molar-refractivity contribution in [2.24, 2.45) is 0 Å². The number of rotatable bonds is 4. The van der Waals surface area contributed by atoms with E-state index in [4.69, 9.17) is 4.74 Å². The van der Waals surface area contributed by atoms with Gasteiger partial charge in [0.2, 0.25) is 5.78 Å². The highest BCUT2D eigenvalue weighted by Crippen LogP contribution is 2.32. The number of methoxy groups -OCH3 is 1. The van der Waals surface area contributed by atoms with Gasteiger partial charge in [-0.3, -0.25) is 4.79 Å². The van der Waals surface area contributed by atoms with Crippen molar-refractivity contribution in [1.29, 1.82) is 0 Å². The van der Waals surface area contributed by atoms with Crippen molar-refractivity contribution in [3.8, 4) is 5.75 Å². The molecule has 1 aromatic carbocycles. The smallest absolute Gasteiger partial charge is 0.210 e. The molecule has 0 bridgehead atoms. The number of carboxylic acid groups (broad SMARTS) is 1. The van der Waals surface area contributed by atoms with Crippen LogP contribution in [0.4, 0.5) is 0 Å². The van der Waals surface area contributed by atoms with Crippen molar-refractivity contribution < 1.29 is 19.4 Å². The van der Waals surface area contributed by atoms with E-state index < -0.39 is 5.97 Å². The van der Waals surface area contributed by atoms with E-state index in [1.165, 1.54) is 12.1 Å². The molecule has 0 aliphatic heterocycles. The summed E-state index contributed by atoms with van der Waals surface area (Å²) >= 11 is 3.15. The topological polar surface area (TPSA) is 70.8 Å². The molecule has 122 valence electrons. The Hall–Kier alpha value is -2.60. The van der Waals surface area contributed by atoms with Crippen LogP contribution in [0.15, 0.2) is 47.1 Å². The number of ketones is 1. The van der Waals surface area contributed by atoms with Gasteiger partial charge in [-0.1, -0.05) is 22.0 Å². The number of fused-ring (bicyclic) bond motifs is 1. The first kappa shape index (κ1) is 16.3. The number of ether oxygens (including phenoxy) is 1. The van der Waals surface area contributed by atoms with Gasteiger partial charge in [-0.2, -0.15) is 0 Å². The second kappa shape index (κ2) is 6.13. The summed E-state index contributed by atoms with van der Waals surface area (Å²) in [5, 5.41) is 11.2. The SMILES string of the molecule is COc1c(C)c(C(=O)c2ccc(Br)c(C(=O)[O-])c2)n2ccccc12. The van der Waals surface area contributed by atoms with Crippen LogP contribution in [-0.2, 0) is 0 Å². The Morgan fingerprint density at radius 3 is 2.62 bits per heavy atom. The lowest BCUT2D eigenvalue weighted by atomic mass is 10.0. The average molecular weight is 387 g/mol. The number of hydrogen-bond acceptors (Lipinski definition) is 4. The van der Waals surface area contributed by atoms with E-state index in [2.05, 4.69) is 15.9 Å². The maximum Gasteiger partial charge on any atom is 0.210 e. The van der Waals surface area contributed by atoms with Crippen molar-refractivity contribution >= 4 is 33.2 Å². The van der Waals surface area contributed by atoms with Crippen molar-refractivity contribution in [2.45, 2.75) is 6.92 Å². The number of hydrogen-bond donors (Lipinski definition) is 0. The number of nitrogens with zero attached hydrogens (tertiary/aromatic N) is 1. The first-order valence-electron chi connectivity index (χ1n) is 7.15. The molecule has 0 amide bonds. The molecular formula is C18H13BrNO4-. The summed E-state index contributed by atoms with van der Waals surface area (Å²) in [7, 11) is 1.55. The van der Waals surface area contributed by atoms with Crippen molar-refractivity contribution in [3.05, 3.63) is 69.5 Å². The van der Waals surface area contributed by atoms with Gasteiger partial charge in [-0.25, -0.2) is 0 Å². The molecule has 0 spiro atoms. The molecular weight excluding hydrogens is 374 g/mol. The molecule has 0 saturated heterocycles. The van der Waals surface area contributed by atoms with E-state index in [1.54, 1.807) is 30.7 Å². The highest BCUT2D eigenvalue weighted by molar-refractivity contribution is 9.10. The predicted octanol–water partition coefficient (Wildman–Crippen LogP) is 2.61. The van der Waals surface area contributed by atoms with Gasteiger partial charge in [-0.05, 0) is 37.3 Å². The fourth-order valence-corrected chi connectivity index (χ4v) is 3.21. The lowest BCUT2D eigenvalue weighted by Crippen LogP contribution is -2.23. The van der Waals surface area contributed by atoms with Crippen LogP contribution in [0.5, 0.6) is 5.75 Å². The van der Waals surface area contributed by atoms with Crippen LogP contribution in [-0.4, -0.2) is 23.3 Å². The summed E-state index contributed by atoms with van der Waals surface area (Å²) < 4.78 is 7.54. The average Bonchev–Trinajstić information content (AvgIpc) is 2.85. The van der Waals surface area contributed by atoms with Crippen LogP contribution in [0, 0.1) is 6.92 Å². The minimum atomic E-state index is -1.34. The highest BCUT2D eigenvalue weighted by Gasteiger charge is 2.22. The summed E-state index contributed by atoms with van der Waals surface area (Å²) in [5.41, 5.74) is 2.12. The zero-order valence-electron chi connectivity index (χ0n) is 13.0. The molecule has 24 heavy (non-hydrogen) atoms. The fourth-order valence-electron chi connectivity index (χ4n) is 2.80. The zero-order chi connectivity index (χ0) is 17.4. The minimum absolute atomic E-state index is 0.0636. The molecule has 3 rings (SSSR count). The van der Waals surface area contributed by atoms with Crippen LogP contribution in [0.1, 0.15) is 32.0 Å². The van der Waals surface area contributed by atoms with E-state index in [1.807, 2.05) is 18.2 Å². The van der Waals surface area contributed by atoms with E-state index in [0.29, 0.717) is 21.5 Å². The highest BCUT2D eigenvalue weighted by atomic mass is 79.9. The number of aromatic carboxylic acids is 1. The van der Waals surface area contributed by atoms with Crippen molar-refractivity contribution in [2.75, 3.05) is 7.11 Å². The van der Waals surface area contributed by atoms with Gasteiger partial charge in [0.25, 0.3) is 0 Å². The maximum atomic E-state index is 13.0. The van der Waals surface area contributed by atoms with Gasteiger partial charge in [0.1, 0.15) is 11.4 Å². The molecule has 5 nitrogen and oxygen atoms in total. The van der Waals surface area contributed by atoms with Gasteiger partial charge in [0.05, 0.1) is 18.6 Å². The second-order valence-corrected chi connectivity index (χ2v) is 6.13. The van der Waals surface area contributed by atoms with Crippen LogP contribution >= 0.6 is 15.9 Å². The lowest BCUT2D eigenvalue weighted by molar-refractivity contribution is -0.255. The Labute approximate surface area is 146 Å². The summed E-state index contributed by atoms with van der Waals surface area (Å²) in [6.07, 6.45) is 1.77. The first-order valence-corrected chi connectivity index (χ1v) is 7.94. The second-order valence-electron chi connectivity index (χ2n) is 5.27. The molecule has 0 saturated carbocycles. The van der Waals surface area contributed by atoms with Crippen LogP contribution < -0.4 is 9.84 Å². The van der Waals surface area contributed by atoms with Crippen molar-refractivity contribution in [3.63, 3.8) is 0 Å². The van der Waals surface area contributed by atoms with E-state index in [0.717, 1.165) is 5.52 Å². The quantitative estimate of drug-likeness (QED) is 0.646. The molecule has 0 radical (unpaired) electrons. The third kappa shape index (κ3) is 2.49. The molecule has 0 atom stereocenters. The Morgan fingerprint density at radius 1 is 1.21 bits per heavy atom. The molecule has 0 unspecified atom stereocenters.